The summed E-state index contributed by atoms with van der Waals surface area (Å²) in [6, 6.07) is 1.79. The fourth-order valence-corrected chi connectivity index (χ4v) is 2.39. The van der Waals surface area contributed by atoms with E-state index in [4.69, 9.17) is 5.73 Å². The van der Waals surface area contributed by atoms with Gasteiger partial charge in [-0.1, -0.05) is 0 Å². The van der Waals surface area contributed by atoms with Crippen molar-refractivity contribution in [3.05, 3.63) is 16.3 Å². The van der Waals surface area contributed by atoms with Gasteiger partial charge in [0, 0.05) is 13.1 Å². The van der Waals surface area contributed by atoms with Gasteiger partial charge in [-0.25, -0.2) is 0 Å². The van der Waals surface area contributed by atoms with E-state index in [1.54, 1.807) is 6.07 Å². The van der Waals surface area contributed by atoms with E-state index in [0.29, 0.717) is 10.6 Å². The lowest BCUT2D eigenvalue weighted by Gasteiger charge is -2.20. The van der Waals surface area contributed by atoms with Crippen molar-refractivity contribution in [2.24, 2.45) is 5.92 Å². The second-order valence-corrected chi connectivity index (χ2v) is 4.91. The molecular weight excluding hydrogens is 208 g/mol. The Morgan fingerprint density at radius 2 is 2.40 bits per heavy atom. The first kappa shape index (κ1) is 10.5. The minimum Gasteiger partial charge on any atom is -0.397 e. The zero-order valence-corrected chi connectivity index (χ0v) is 9.72. The molecule has 0 aliphatic heterocycles. The van der Waals surface area contributed by atoms with E-state index >= 15 is 0 Å². The van der Waals surface area contributed by atoms with Crippen molar-refractivity contribution in [1.29, 1.82) is 0 Å². The van der Waals surface area contributed by atoms with E-state index < -0.39 is 0 Å². The SMILES string of the molecule is CCN(CC1CC1)C(=O)c1sccc1N. The smallest absolute Gasteiger partial charge is 0.266 e. The summed E-state index contributed by atoms with van der Waals surface area (Å²) in [7, 11) is 0. The van der Waals surface area contributed by atoms with Crippen LogP contribution >= 0.6 is 11.3 Å². The monoisotopic (exact) mass is 224 g/mol. The van der Waals surface area contributed by atoms with Crippen LogP contribution in [0, 0.1) is 5.92 Å². The molecule has 0 bridgehead atoms. The van der Waals surface area contributed by atoms with Crippen LogP contribution in [0.5, 0.6) is 0 Å². The maximum Gasteiger partial charge on any atom is 0.266 e. The Balaban J connectivity index is 2.07. The third-order valence-corrected chi connectivity index (χ3v) is 3.65. The van der Waals surface area contributed by atoms with Gasteiger partial charge in [-0.05, 0) is 37.1 Å². The number of carbonyl (C=O) groups is 1. The molecule has 2 N–H and O–H groups in total. The Labute approximate surface area is 93.9 Å². The van der Waals surface area contributed by atoms with E-state index in [1.165, 1.54) is 24.2 Å². The summed E-state index contributed by atoms with van der Waals surface area (Å²) in [5.74, 6) is 0.826. The molecule has 1 aromatic heterocycles. The minimum absolute atomic E-state index is 0.0944. The van der Waals surface area contributed by atoms with Gasteiger partial charge in [0.2, 0.25) is 0 Å². The molecule has 0 atom stereocenters. The number of hydrogen-bond donors (Lipinski definition) is 1. The molecule has 1 fully saturated rings. The van der Waals surface area contributed by atoms with E-state index in [0.717, 1.165) is 19.0 Å². The molecule has 1 aliphatic carbocycles. The molecule has 0 unspecified atom stereocenters. The van der Waals surface area contributed by atoms with Crippen LogP contribution in [-0.2, 0) is 0 Å². The Morgan fingerprint density at radius 1 is 1.67 bits per heavy atom. The summed E-state index contributed by atoms with van der Waals surface area (Å²) in [6.07, 6.45) is 2.54. The van der Waals surface area contributed by atoms with E-state index in [9.17, 15) is 4.79 Å². The molecule has 1 aliphatic rings. The van der Waals surface area contributed by atoms with Gasteiger partial charge in [0.05, 0.1) is 5.69 Å². The molecule has 4 heteroatoms. The van der Waals surface area contributed by atoms with Crippen LogP contribution in [0.25, 0.3) is 0 Å². The number of nitrogens with two attached hydrogens (primary N) is 1. The molecule has 1 aromatic rings. The Hall–Kier alpha value is -1.03. The molecule has 15 heavy (non-hydrogen) atoms. The van der Waals surface area contributed by atoms with Gasteiger partial charge in [-0.3, -0.25) is 4.79 Å². The predicted molar refractivity (Wildman–Crippen MR) is 63.0 cm³/mol. The molecule has 1 saturated carbocycles. The van der Waals surface area contributed by atoms with E-state index in [1.807, 2.05) is 17.2 Å². The molecule has 0 aromatic carbocycles. The van der Waals surface area contributed by atoms with Crippen molar-refractivity contribution in [3.63, 3.8) is 0 Å². The van der Waals surface area contributed by atoms with Gasteiger partial charge in [0.1, 0.15) is 4.88 Å². The van der Waals surface area contributed by atoms with Crippen molar-refractivity contribution < 1.29 is 4.79 Å². The van der Waals surface area contributed by atoms with Gasteiger partial charge in [0.15, 0.2) is 0 Å². The summed E-state index contributed by atoms with van der Waals surface area (Å²) >= 11 is 1.43. The number of amides is 1. The third kappa shape index (κ3) is 2.31. The van der Waals surface area contributed by atoms with Gasteiger partial charge in [-0.15, -0.1) is 11.3 Å². The van der Waals surface area contributed by atoms with Crippen LogP contribution in [0.15, 0.2) is 11.4 Å². The van der Waals surface area contributed by atoms with Crippen molar-refractivity contribution in [2.45, 2.75) is 19.8 Å². The average molecular weight is 224 g/mol. The third-order valence-electron chi connectivity index (χ3n) is 2.73. The van der Waals surface area contributed by atoms with Crippen LogP contribution < -0.4 is 5.73 Å². The second kappa shape index (κ2) is 4.23. The fraction of sp³-hybridized carbons (Fsp3) is 0.545. The molecule has 2 rings (SSSR count). The van der Waals surface area contributed by atoms with Crippen LogP contribution in [0.2, 0.25) is 0 Å². The van der Waals surface area contributed by atoms with Crippen molar-refractivity contribution in [1.82, 2.24) is 4.90 Å². The summed E-state index contributed by atoms with van der Waals surface area (Å²) in [6.45, 7) is 3.68. The molecule has 3 nitrogen and oxygen atoms in total. The van der Waals surface area contributed by atoms with Crippen molar-refractivity contribution in [2.75, 3.05) is 18.8 Å². The number of nitrogens with zero attached hydrogens (tertiary/aromatic N) is 1. The van der Waals surface area contributed by atoms with Gasteiger partial charge >= 0.3 is 0 Å². The topological polar surface area (TPSA) is 46.3 Å². The number of carbonyl (C=O) groups excluding carboxylic acids is 1. The highest BCUT2D eigenvalue weighted by molar-refractivity contribution is 7.12. The maximum atomic E-state index is 12.1. The number of nitrogen functional groups attached to an aromatic ring is 1. The first-order valence-corrected chi connectivity index (χ1v) is 6.22. The molecule has 0 saturated heterocycles. The maximum absolute atomic E-state index is 12.1. The lowest BCUT2D eigenvalue weighted by molar-refractivity contribution is 0.0763. The zero-order valence-electron chi connectivity index (χ0n) is 8.90. The highest BCUT2D eigenvalue weighted by Crippen LogP contribution is 2.31. The quantitative estimate of drug-likeness (QED) is 0.852. The lowest BCUT2D eigenvalue weighted by atomic mass is 10.3. The standard InChI is InChI=1S/C11H16N2OS/c1-2-13(7-8-3-4-8)11(14)10-9(12)5-6-15-10/h5-6,8H,2-4,7,12H2,1H3. The lowest BCUT2D eigenvalue weighted by Crippen LogP contribution is -2.32. The normalized spacial score (nSPS) is 15.3. The fourth-order valence-electron chi connectivity index (χ4n) is 1.60. The first-order valence-electron chi connectivity index (χ1n) is 5.34. The van der Waals surface area contributed by atoms with Crippen LogP contribution in [0.4, 0.5) is 5.69 Å². The summed E-state index contributed by atoms with van der Waals surface area (Å²) in [5, 5.41) is 1.87. The number of rotatable bonds is 4. The zero-order chi connectivity index (χ0) is 10.8. The van der Waals surface area contributed by atoms with E-state index in [2.05, 4.69) is 0 Å². The summed E-state index contributed by atoms with van der Waals surface area (Å²) in [4.78, 5) is 14.7. The summed E-state index contributed by atoms with van der Waals surface area (Å²) < 4.78 is 0. The second-order valence-electron chi connectivity index (χ2n) is 3.99. The van der Waals surface area contributed by atoms with Gasteiger partial charge < -0.3 is 10.6 Å². The molecule has 0 radical (unpaired) electrons. The van der Waals surface area contributed by atoms with Crippen LogP contribution in [-0.4, -0.2) is 23.9 Å². The van der Waals surface area contributed by atoms with Crippen molar-refractivity contribution >= 4 is 22.9 Å². The number of thiophene rings is 1. The number of anilines is 1. The summed E-state index contributed by atoms with van der Waals surface area (Å²) in [5.41, 5.74) is 6.35. The molecule has 82 valence electrons. The molecule has 1 heterocycles. The molecule has 1 amide bonds. The Kier molecular flexibility index (Phi) is 2.95. The average Bonchev–Trinajstić information content (AvgIpc) is 2.95. The highest BCUT2D eigenvalue weighted by Gasteiger charge is 2.27. The van der Waals surface area contributed by atoms with E-state index in [-0.39, 0.29) is 5.91 Å². The van der Waals surface area contributed by atoms with Crippen molar-refractivity contribution in [3.8, 4) is 0 Å². The highest BCUT2D eigenvalue weighted by atomic mass is 32.1. The van der Waals surface area contributed by atoms with Crippen LogP contribution in [0.3, 0.4) is 0 Å². The van der Waals surface area contributed by atoms with Gasteiger partial charge in [0.25, 0.3) is 5.91 Å². The molecular formula is C11H16N2OS. The Bertz CT molecular complexity index is 357. The molecule has 0 spiro atoms. The van der Waals surface area contributed by atoms with Crippen LogP contribution in [0.1, 0.15) is 29.4 Å². The first-order chi connectivity index (χ1) is 7.22. The number of hydrogen-bond acceptors (Lipinski definition) is 3. The Morgan fingerprint density at radius 3 is 2.87 bits per heavy atom. The minimum atomic E-state index is 0.0944. The van der Waals surface area contributed by atoms with Gasteiger partial charge in [-0.2, -0.15) is 0 Å². The predicted octanol–water partition coefficient (Wildman–Crippen LogP) is 2.20. The largest absolute Gasteiger partial charge is 0.397 e.